The molecule has 1 aromatic heterocycles. The van der Waals surface area contributed by atoms with Crippen molar-refractivity contribution >= 4 is 17.8 Å². The Morgan fingerprint density at radius 2 is 1.85 bits per heavy atom. The van der Waals surface area contributed by atoms with Gasteiger partial charge >= 0.3 is 6.03 Å². The highest BCUT2D eigenvalue weighted by Crippen LogP contribution is 2.17. The number of aromatic nitrogens is 2. The maximum Gasteiger partial charge on any atom is 0.317 e. The minimum Gasteiger partial charge on any atom is -0.382 e. The summed E-state index contributed by atoms with van der Waals surface area (Å²) in [7, 11) is 0. The fourth-order valence-corrected chi connectivity index (χ4v) is 3.04. The van der Waals surface area contributed by atoms with E-state index in [1.165, 1.54) is 6.20 Å². The highest BCUT2D eigenvalue weighted by molar-refractivity contribution is 5.94. The molecule has 4 N–H and O–H groups in total. The zero-order valence-electron chi connectivity index (χ0n) is 15.3. The van der Waals surface area contributed by atoms with Crippen LogP contribution in [0.5, 0.6) is 0 Å². The van der Waals surface area contributed by atoms with Crippen molar-refractivity contribution in [3.63, 3.8) is 0 Å². The van der Waals surface area contributed by atoms with Crippen LogP contribution in [-0.4, -0.2) is 52.5 Å². The van der Waals surface area contributed by atoms with Crippen molar-refractivity contribution in [2.24, 2.45) is 0 Å². The van der Waals surface area contributed by atoms with Crippen LogP contribution in [0, 0.1) is 0 Å². The molecule has 1 fully saturated rings. The van der Waals surface area contributed by atoms with Crippen molar-refractivity contribution in [2.75, 3.05) is 25.4 Å². The SMILES string of the molecule is CCNC(=O)N1CCC(NC(=O)c2ccc(-c3cnc(N)cn3)cc2)CC1. The number of carbonyl (C=O) groups excluding carboxylic acids is 2. The number of nitrogens with one attached hydrogen (secondary N) is 2. The van der Waals surface area contributed by atoms with Gasteiger partial charge in [0.05, 0.1) is 18.1 Å². The molecule has 142 valence electrons. The van der Waals surface area contributed by atoms with E-state index in [1.807, 2.05) is 19.1 Å². The molecule has 0 saturated carbocycles. The van der Waals surface area contributed by atoms with Crippen LogP contribution < -0.4 is 16.4 Å². The molecule has 0 bridgehead atoms. The minimum atomic E-state index is -0.110. The molecule has 1 aliphatic heterocycles. The predicted molar refractivity (Wildman–Crippen MR) is 103 cm³/mol. The van der Waals surface area contributed by atoms with Gasteiger partial charge in [-0.2, -0.15) is 0 Å². The number of amides is 3. The Hall–Kier alpha value is -3.16. The Labute approximate surface area is 158 Å². The second kappa shape index (κ2) is 8.48. The number of urea groups is 1. The molecule has 0 spiro atoms. The molecule has 0 atom stereocenters. The minimum absolute atomic E-state index is 0.0383. The van der Waals surface area contributed by atoms with Crippen LogP contribution in [0.4, 0.5) is 10.6 Å². The van der Waals surface area contributed by atoms with E-state index >= 15 is 0 Å². The Morgan fingerprint density at radius 1 is 1.15 bits per heavy atom. The Bertz CT molecular complexity index is 783. The first-order valence-corrected chi connectivity index (χ1v) is 9.08. The maximum absolute atomic E-state index is 12.5. The van der Waals surface area contributed by atoms with Crippen molar-refractivity contribution in [1.82, 2.24) is 25.5 Å². The molecule has 27 heavy (non-hydrogen) atoms. The second-order valence-corrected chi connectivity index (χ2v) is 6.47. The van der Waals surface area contributed by atoms with E-state index in [2.05, 4.69) is 20.6 Å². The number of hydrogen-bond donors (Lipinski definition) is 3. The van der Waals surface area contributed by atoms with Gasteiger partial charge in [0.15, 0.2) is 0 Å². The van der Waals surface area contributed by atoms with E-state index in [-0.39, 0.29) is 18.0 Å². The third kappa shape index (κ3) is 4.72. The fraction of sp³-hybridized carbons (Fsp3) is 0.368. The van der Waals surface area contributed by atoms with Crippen LogP contribution in [-0.2, 0) is 0 Å². The fourth-order valence-electron chi connectivity index (χ4n) is 3.04. The molecule has 8 heteroatoms. The monoisotopic (exact) mass is 368 g/mol. The topological polar surface area (TPSA) is 113 Å². The first-order valence-electron chi connectivity index (χ1n) is 9.08. The lowest BCUT2D eigenvalue weighted by Crippen LogP contribution is -2.49. The number of anilines is 1. The largest absolute Gasteiger partial charge is 0.382 e. The molecule has 1 saturated heterocycles. The molecule has 3 rings (SSSR count). The summed E-state index contributed by atoms with van der Waals surface area (Å²) in [4.78, 5) is 34.3. The molecule has 0 unspecified atom stereocenters. The normalized spacial score (nSPS) is 14.6. The van der Waals surface area contributed by atoms with Gasteiger partial charge in [-0.15, -0.1) is 0 Å². The van der Waals surface area contributed by atoms with E-state index in [9.17, 15) is 9.59 Å². The summed E-state index contributed by atoms with van der Waals surface area (Å²) >= 11 is 0. The Kier molecular flexibility index (Phi) is 5.85. The van der Waals surface area contributed by atoms with Gasteiger partial charge < -0.3 is 21.3 Å². The van der Waals surface area contributed by atoms with Crippen LogP contribution in [0.2, 0.25) is 0 Å². The molecular formula is C19H24N6O2. The second-order valence-electron chi connectivity index (χ2n) is 6.47. The number of nitrogens with two attached hydrogens (primary N) is 1. The lowest BCUT2D eigenvalue weighted by Gasteiger charge is -2.32. The first kappa shape index (κ1) is 18.6. The Morgan fingerprint density at radius 3 is 2.44 bits per heavy atom. The number of likely N-dealkylation sites (tertiary alicyclic amines) is 1. The average Bonchev–Trinajstić information content (AvgIpc) is 2.69. The molecule has 1 aromatic carbocycles. The van der Waals surface area contributed by atoms with Gasteiger partial charge in [0.25, 0.3) is 5.91 Å². The summed E-state index contributed by atoms with van der Waals surface area (Å²) in [5, 5.41) is 5.85. The summed E-state index contributed by atoms with van der Waals surface area (Å²) in [5.41, 5.74) is 7.71. The van der Waals surface area contributed by atoms with Crippen molar-refractivity contribution in [3.8, 4) is 11.3 Å². The molecule has 0 radical (unpaired) electrons. The molecule has 2 heterocycles. The number of rotatable bonds is 4. The number of benzene rings is 1. The van der Waals surface area contributed by atoms with Crippen LogP contribution in [0.1, 0.15) is 30.1 Å². The Balaban J connectivity index is 1.54. The van der Waals surface area contributed by atoms with Crippen molar-refractivity contribution < 1.29 is 9.59 Å². The third-order valence-corrected chi connectivity index (χ3v) is 4.56. The number of piperidine rings is 1. The quantitative estimate of drug-likeness (QED) is 0.759. The van der Waals surface area contributed by atoms with E-state index in [0.717, 1.165) is 18.4 Å². The highest BCUT2D eigenvalue weighted by atomic mass is 16.2. The third-order valence-electron chi connectivity index (χ3n) is 4.56. The van der Waals surface area contributed by atoms with E-state index in [4.69, 9.17) is 5.73 Å². The predicted octanol–water partition coefficient (Wildman–Crippen LogP) is 1.65. The lowest BCUT2D eigenvalue weighted by molar-refractivity contribution is 0.0918. The molecule has 0 aliphatic carbocycles. The highest BCUT2D eigenvalue weighted by Gasteiger charge is 2.23. The summed E-state index contributed by atoms with van der Waals surface area (Å²) in [6.45, 7) is 3.81. The zero-order valence-corrected chi connectivity index (χ0v) is 15.3. The standard InChI is InChI=1S/C19H24N6O2/c1-2-21-19(27)25-9-7-15(8-10-25)24-18(26)14-5-3-13(4-6-14)16-11-23-17(20)12-22-16/h3-6,11-12,15H,2,7-10H2,1H3,(H2,20,23)(H,21,27)(H,24,26). The lowest BCUT2D eigenvalue weighted by atomic mass is 10.0. The summed E-state index contributed by atoms with van der Waals surface area (Å²) in [6, 6.07) is 7.26. The van der Waals surface area contributed by atoms with Crippen LogP contribution in [0.3, 0.4) is 0 Å². The molecule has 8 nitrogen and oxygen atoms in total. The van der Waals surface area contributed by atoms with Gasteiger partial charge in [-0.05, 0) is 31.9 Å². The number of nitrogens with zero attached hydrogens (tertiary/aromatic N) is 3. The van der Waals surface area contributed by atoms with E-state index in [0.29, 0.717) is 36.7 Å². The molecule has 3 amide bonds. The zero-order chi connectivity index (χ0) is 19.2. The number of nitrogen functional groups attached to an aromatic ring is 1. The van der Waals surface area contributed by atoms with Crippen molar-refractivity contribution in [3.05, 3.63) is 42.2 Å². The van der Waals surface area contributed by atoms with Crippen molar-refractivity contribution in [2.45, 2.75) is 25.8 Å². The smallest absolute Gasteiger partial charge is 0.317 e. The van der Waals surface area contributed by atoms with E-state index in [1.54, 1.807) is 23.2 Å². The summed E-state index contributed by atoms with van der Waals surface area (Å²) < 4.78 is 0. The number of carbonyl (C=O) groups is 2. The first-order chi connectivity index (χ1) is 13.1. The van der Waals surface area contributed by atoms with Gasteiger partial charge in [0.1, 0.15) is 5.82 Å². The van der Waals surface area contributed by atoms with Crippen molar-refractivity contribution in [1.29, 1.82) is 0 Å². The summed E-state index contributed by atoms with van der Waals surface area (Å²) in [5.74, 6) is 0.259. The maximum atomic E-state index is 12.5. The average molecular weight is 368 g/mol. The summed E-state index contributed by atoms with van der Waals surface area (Å²) in [6.07, 6.45) is 4.61. The molecule has 1 aliphatic rings. The van der Waals surface area contributed by atoms with Gasteiger partial charge in [-0.25, -0.2) is 9.78 Å². The van der Waals surface area contributed by atoms with Gasteiger partial charge in [-0.1, -0.05) is 12.1 Å². The molecule has 2 aromatic rings. The van der Waals surface area contributed by atoms with Crippen LogP contribution in [0.15, 0.2) is 36.7 Å². The number of hydrogen-bond acceptors (Lipinski definition) is 5. The van der Waals surface area contributed by atoms with Crippen LogP contribution in [0.25, 0.3) is 11.3 Å². The molecular weight excluding hydrogens is 344 g/mol. The van der Waals surface area contributed by atoms with Gasteiger partial charge in [0.2, 0.25) is 0 Å². The van der Waals surface area contributed by atoms with E-state index < -0.39 is 0 Å². The van der Waals surface area contributed by atoms with Gasteiger partial charge in [-0.3, -0.25) is 9.78 Å². The van der Waals surface area contributed by atoms with Crippen LogP contribution >= 0.6 is 0 Å². The van der Waals surface area contributed by atoms with Gasteiger partial charge in [0, 0.05) is 36.8 Å².